The van der Waals surface area contributed by atoms with E-state index in [1.54, 1.807) is 0 Å². The Labute approximate surface area is 272 Å². The molecule has 0 saturated heterocycles. The summed E-state index contributed by atoms with van der Waals surface area (Å²) in [6.45, 7) is 4.72. The first-order valence-electron chi connectivity index (χ1n) is 16.7. The molecule has 0 N–H and O–H groups in total. The standard InChI is InChI=1S/C46H38/c1-3-32(29-31(2)33-15-5-4-6-16-33)37-27-28-44(39-20-10-9-19-38(37)39)46-42-23-13-11-21-40(42)45(41-22-12-14-24-43(41)46)36-26-25-34-17-7-8-18-35(34)30-36/h4-28,30-32H,3,29H2,1-2H3. The molecule has 0 bridgehead atoms. The smallest absolute Gasteiger partial charge is 0.00201 e. The zero-order chi connectivity index (χ0) is 31.0. The van der Waals surface area contributed by atoms with Crippen molar-refractivity contribution >= 4 is 43.1 Å². The maximum atomic E-state index is 2.43. The normalized spacial score (nSPS) is 13.0. The highest BCUT2D eigenvalue weighted by Crippen LogP contribution is 2.47. The SMILES string of the molecule is CCC(CC(C)c1ccccc1)c1ccc(-c2c3ccccc3c(-c3ccc4ccccc4c3)c3ccccc23)c2ccccc12. The lowest BCUT2D eigenvalue weighted by atomic mass is 9.80. The molecule has 0 nitrogen and oxygen atoms in total. The highest BCUT2D eigenvalue weighted by Gasteiger charge is 2.21. The lowest BCUT2D eigenvalue weighted by Crippen LogP contribution is -2.05. The molecule has 8 aromatic rings. The van der Waals surface area contributed by atoms with Crippen molar-refractivity contribution in [3.63, 3.8) is 0 Å². The number of hydrogen-bond donors (Lipinski definition) is 0. The summed E-state index contributed by atoms with van der Waals surface area (Å²) in [5.74, 6) is 0.984. The van der Waals surface area contributed by atoms with E-state index in [-0.39, 0.29) is 0 Å². The Morgan fingerprint density at radius 1 is 0.457 bits per heavy atom. The van der Waals surface area contributed by atoms with E-state index in [0.29, 0.717) is 11.8 Å². The van der Waals surface area contributed by atoms with Crippen molar-refractivity contribution in [3.05, 3.63) is 169 Å². The molecule has 2 unspecified atom stereocenters. The Kier molecular flexibility index (Phi) is 7.35. The van der Waals surface area contributed by atoms with Gasteiger partial charge in [-0.1, -0.05) is 166 Å². The molecule has 0 aliphatic heterocycles. The van der Waals surface area contributed by atoms with Crippen LogP contribution in [0.2, 0.25) is 0 Å². The third-order valence-electron chi connectivity index (χ3n) is 10.1. The Balaban J connectivity index is 1.34. The molecular formula is C46H38. The second kappa shape index (κ2) is 12.0. The molecule has 8 aromatic carbocycles. The molecule has 0 fully saturated rings. The van der Waals surface area contributed by atoms with Gasteiger partial charge >= 0.3 is 0 Å². The van der Waals surface area contributed by atoms with Crippen LogP contribution in [0.3, 0.4) is 0 Å². The lowest BCUT2D eigenvalue weighted by Gasteiger charge is -2.24. The molecule has 0 radical (unpaired) electrons. The van der Waals surface area contributed by atoms with Crippen LogP contribution in [0.4, 0.5) is 0 Å². The van der Waals surface area contributed by atoms with E-state index in [4.69, 9.17) is 0 Å². The zero-order valence-electron chi connectivity index (χ0n) is 26.6. The van der Waals surface area contributed by atoms with Crippen molar-refractivity contribution in [3.8, 4) is 22.3 Å². The van der Waals surface area contributed by atoms with Gasteiger partial charge in [-0.05, 0) is 107 Å². The van der Waals surface area contributed by atoms with Gasteiger partial charge in [0.25, 0.3) is 0 Å². The Bertz CT molecular complexity index is 2290. The highest BCUT2D eigenvalue weighted by atomic mass is 14.3. The predicted octanol–water partition coefficient (Wildman–Crippen LogP) is 13.3. The largest absolute Gasteiger partial charge is 0.0648 e. The first-order valence-corrected chi connectivity index (χ1v) is 16.7. The van der Waals surface area contributed by atoms with E-state index < -0.39 is 0 Å². The van der Waals surface area contributed by atoms with Gasteiger partial charge in [0.15, 0.2) is 0 Å². The van der Waals surface area contributed by atoms with E-state index in [1.807, 2.05) is 0 Å². The van der Waals surface area contributed by atoms with Gasteiger partial charge in [-0.3, -0.25) is 0 Å². The van der Waals surface area contributed by atoms with E-state index in [0.717, 1.165) is 12.8 Å². The first kappa shape index (κ1) is 28.3. The molecule has 8 rings (SSSR count). The van der Waals surface area contributed by atoms with Gasteiger partial charge in [-0.2, -0.15) is 0 Å². The minimum Gasteiger partial charge on any atom is -0.0648 e. The summed E-state index contributed by atoms with van der Waals surface area (Å²) in [5, 5.41) is 10.4. The van der Waals surface area contributed by atoms with Crippen LogP contribution in [0.1, 0.15) is 49.7 Å². The van der Waals surface area contributed by atoms with Crippen molar-refractivity contribution in [2.45, 2.75) is 38.5 Å². The minimum atomic E-state index is 0.484. The number of benzene rings is 8. The molecule has 0 aliphatic rings. The molecule has 0 heteroatoms. The topological polar surface area (TPSA) is 0 Å². The number of rotatable bonds is 7. The molecule has 0 aliphatic carbocycles. The maximum absolute atomic E-state index is 2.43. The van der Waals surface area contributed by atoms with Crippen LogP contribution in [0.25, 0.3) is 65.3 Å². The van der Waals surface area contributed by atoms with Gasteiger partial charge in [0.1, 0.15) is 0 Å². The second-order valence-corrected chi connectivity index (χ2v) is 12.8. The average molecular weight is 591 g/mol. The summed E-state index contributed by atoms with van der Waals surface area (Å²) in [7, 11) is 0. The van der Waals surface area contributed by atoms with E-state index in [9.17, 15) is 0 Å². The summed E-state index contributed by atoms with van der Waals surface area (Å²) < 4.78 is 0. The average Bonchev–Trinajstić information content (AvgIpc) is 3.12. The lowest BCUT2D eigenvalue weighted by molar-refractivity contribution is 0.547. The molecule has 46 heavy (non-hydrogen) atoms. The summed E-state index contributed by atoms with van der Waals surface area (Å²) in [4.78, 5) is 0. The summed E-state index contributed by atoms with van der Waals surface area (Å²) in [6.07, 6.45) is 2.25. The second-order valence-electron chi connectivity index (χ2n) is 12.8. The fraction of sp³-hybridized carbons (Fsp3) is 0.130. The molecule has 0 spiro atoms. The van der Waals surface area contributed by atoms with Crippen LogP contribution >= 0.6 is 0 Å². The van der Waals surface area contributed by atoms with Gasteiger partial charge in [-0.25, -0.2) is 0 Å². The van der Waals surface area contributed by atoms with Gasteiger partial charge in [0.05, 0.1) is 0 Å². The molecular weight excluding hydrogens is 553 g/mol. The fourth-order valence-electron chi connectivity index (χ4n) is 7.83. The third kappa shape index (κ3) is 4.86. The minimum absolute atomic E-state index is 0.484. The molecule has 2 atom stereocenters. The van der Waals surface area contributed by atoms with Gasteiger partial charge in [0, 0.05) is 0 Å². The van der Waals surface area contributed by atoms with Crippen molar-refractivity contribution in [2.24, 2.45) is 0 Å². The van der Waals surface area contributed by atoms with Crippen LogP contribution in [0, 0.1) is 0 Å². The van der Waals surface area contributed by atoms with Crippen LogP contribution in [-0.4, -0.2) is 0 Å². The van der Waals surface area contributed by atoms with Gasteiger partial charge in [0.2, 0.25) is 0 Å². The van der Waals surface area contributed by atoms with Crippen molar-refractivity contribution in [2.75, 3.05) is 0 Å². The molecule has 0 saturated carbocycles. The molecule has 0 aromatic heterocycles. The monoisotopic (exact) mass is 590 g/mol. The summed E-state index contributed by atoms with van der Waals surface area (Å²) in [5.41, 5.74) is 8.09. The van der Waals surface area contributed by atoms with Crippen molar-refractivity contribution in [1.29, 1.82) is 0 Å². The molecule has 0 heterocycles. The quantitative estimate of drug-likeness (QED) is 0.162. The van der Waals surface area contributed by atoms with Crippen LogP contribution in [0.5, 0.6) is 0 Å². The maximum Gasteiger partial charge on any atom is -0.00201 e. The van der Waals surface area contributed by atoms with Crippen LogP contribution in [0.15, 0.2) is 158 Å². The summed E-state index contributed by atoms with van der Waals surface area (Å²) in [6, 6.07) is 58.5. The van der Waals surface area contributed by atoms with Crippen molar-refractivity contribution < 1.29 is 0 Å². The van der Waals surface area contributed by atoms with Crippen LogP contribution in [-0.2, 0) is 0 Å². The van der Waals surface area contributed by atoms with Crippen molar-refractivity contribution in [1.82, 2.24) is 0 Å². The third-order valence-corrected chi connectivity index (χ3v) is 10.1. The van der Waals surface area contributed by atoms with E-state index in [1.165, 1.54) is 76.5 Å². The molecule has 222 valence electrons. The first-order chi connectivity index (χ1) is 22.7. The number of fused-ring (bicyclic) bond motifs is 4. The predicted molar refractivity (Wildman–Crippen MR) is 200 cm³/mol. The molecule has 0 amide bonds. The summed E-state index contributed by atoms with van der Waals surface area (Å²) >= 11 is 0. The van der Waals surface area contributed by atoms with Crippen LogP contribution < -0.4 is 0 Å². The van der Waals surface area contributed by atoms with E-state index >= 15 is 0 Å². The van der Waals surface area contributed by atoms with E-state index in [2.05, 4.69) is 172 Å². The van der Waals surface area contributed by atoms with Gasteiger partial charge < -0.3 is 0 Å². The zero-order valence-corrected chi connectivity index (χ0v) is 26.6. The fourth-order valence-corrected chi connectivity index (χ4v) is 7.83. The number of hydrogen-bond acceptors (Lipinski definition) is 0. The Morgan fingerprint density at radius 2 is 1.00 bits per heavy atom. The van der Waals surface area contributed by atoms with Gasteiger partial charge in [-0.15, -0.1) is 0 Å². The highest BCUT2D eigenvalue weighted by molar-refractivity contribution is 6.23. The Morgan fingerprint density at radius 3 is 1.65 bits per heavy atom. The Hall–Kier alpha value is -5.20.